The van der Waals surface area contributed by atoms with Gasteiger partial charge in [-0.1, -0.05) is 17.7 Å². The van der Waals surface area contributed by atoms with Crippen LogP contribution in [0.2, 0.25) is 5.02 Å². The SMILES string of the molecule is Nc1cccc(Cl)c1SC1CCNCC1. The molecule has 1 aromatic rings. The molecule has 1 aliphatic rings. The molecule has 0 unspecified atom stereocenters. The van der Waals surface area contributed by atoms with E-state index in [0.29, 0.717) is 5.25 Å². The van der Waals surface area contributed by atoms with E-state index in [2.05, 4.69) is 5.32 Å². The average Bonchev–Trinajstić information content (AvgIpc) is 2.25. The van der Waals surface area contributed by atoms with Gasteiger partial charge in [0.05, 0.1) is 5.02 Å². The van der Waals surface area contributed by atoms with Gasteiger partial charge in [-0.2, -0.15) is 0 Å². The standard InChI is InChI=1S/C11H15ClN2S/c12-9-2-1-3-10(13)11(9)15-8-4-6-14-7-5-8/h1-3,8,14H,4-7,13H2. The van der Waals surface area contributed by atoms with Gasteiger partial charge in [0.25, 0.3) is 0 Å². The van der Waals surface area contributed by atoms with Crippen LogP contribution in [0.5, 0.6) is 0 Å². The molecule has 0 amide bonds. The highest BCUT2D eigenvalue weighted by atomic mass is 35.5. The maximum atomic E-state index is 6.13. The maximum absolute atomic E-state index is 6.13. The Hall–Kier alpha value is -0.380. The predicted octanol–water partition coefficient (Wildman–Crippen LogP) is 2.77. The summed E-state index contributed by atoms with van der Waals surface area (Å²) >= 11 is 7.95. The van der Waals surface area contributed by atoms with Crippen molar-refractivity contribution in [3.05, 3.63) is 23.2 Å². The van der Waals surface area contributed by atoms with Crippen molar-refractivity contribution >= 4 is 29.1 Å². The molecule has 2 nitrogen and oxygen atoms in total. The Balaban J connectivity index is 2.09. The third kappa shape index (κ3) is 2.80. The zero-order valence-corrected chi connectivity index (χ0v) is 10.1. The van der Waals surface area contributed by atoms with Crippen molar-refractivity contribution in [3.8, 4) is 0 Å². The number of nitrogen functional groups attached to an aromatic ring is 1. The van der Waals surface area contributed by atoms with Gasteiger partial charge >= 0.3 is 0 Å². The largest absolute Gasteiger partial charge is 0.398 e. The van der Waals surface area contributed by atoms with Crippen LogP contribution in [0.3, 0.4) is 0 Å². The number of benzene rings is 1. The van der Waals surface area contributed by atoms with Crippen molar-refractivity contribution in [1.29, 1.82) is 0 Å². The van der Waals surface area contributed by atoms with Crippen molar-refractivity contribution in [3.63, 3.8) is 0 Å². The van der Waals surface area contributed by atoms with Crippen LogP contribution < -0.4 is 11.1 Å². The number of halogens is 1. The van der Waals surface area contributed by atoms with E-state index in [1.807, 2.05) is 30.0 Å². The number of nitrogens with one attached hydrogen (secondary N) is 1. The summed E-state index contributed by atoms with van der Waals surface area (Å²) in [4.78, 5) is 1.05. The van der Waals surface area contributed by atoms with Crippen molar-refractivity contribution in [2.75, 3.05) is 18.8 Å². The van der Waals surface area contributed by atoms with Crippen LogP contribution in [-0.4, -0.2) is 18.3 Å². The topological polar surface area (TPSA) is 38.0 Å². The summed E-state index contributed by atoms with van der Waals surface area (Å²) in [6, 6.07) is 5.71. The quantitative estimate of drug-likeness (QED) is 0.784. The van der Waals surface area contributed by atoms with E-state index in [4.69, 9.17) is 17.3 Å². The zero-order chi connectivity index (χ0) is 10.7. The Bertz CT molecular complexity index is 317. The van der Waals surface area contributed by atoms with Gasteiger partial charge < -0.3 is 11.1 Å². The number of nitrogens with two attached hydrogens (primary N) is 1. The first kappa shape index (κ1) is 11.1. The molecule has 0 aliphatic carbocycles. The average molecular weight is 243 g/mol. The number of hydrogen-bond acceptors (Lipinski definition) is 3. The van der Waals surface area contributed by atoms with Crippen molar-refractivity contribution in [2.45, 2.75) is 23.0 Å². The summed E-state index contributed by atoms with van der Waals surface area (Å²) in [5.41, 5.74) is 6.71. The van der Waals surface area contributed by atoms with E-state index in [0.717, 1.165) is 28.7 Å². The van der Waals surface area contributed by atoms with Crippen LogP contribution >= 0.6 is 23.4 Å². The summed E-state index contributed by atoms with van der Waals surface area (Å²) in [6.07, 6.45) is 2.38. The molecule has 82 valence electrons. The van der Waals surface area contributed by atoms with Crippen molar-refractivity contribution < 1.29 is 0 Å². The fourth-order valence-electron chi connectivity index (χ4n) is 1.73. The molecule has 1 aliphatic heterocycles. The van der Waals surface area contributed by atoms with Gasteiger partial charge in [-0.3, -0.25) is 0 Å². The number of hydrogen-bond donors (Lipinski definition) is 2. The number of piperidine rings is 1. The zero-order valence-electron chi connectivity index (χ0n) is 8.50. The second kappa shape index (κ2) is 5.10. The molecule has 0 saturated carbocycles. The van der Waals surface area contributed by atoms with Crippen LogP contribution in [0.4, 0.5) is 5.69 Å². The molecule has 3 N–H and O–H groups in total. The van der Waals surface area contributed by atoms with Gasteiger partial charge in [0.2, 0.25) is 0 Å². The maximum Gasteiger partial charge on any atom is 0.0562 e. The number of thioether (sulfide) groups is 1. The van der Waals surface area contributed by atoms with Crippen molar-refractivity contribution in [1.82, 2.24) is 5.32 Å². The van der Waals surface area contributed by atoms with Crippen LogP contribution in [0.1, 0.15) is 12.8 Å². The van der Waals surface area contributed by atoms with Crippen molar-refractivity contribution in [2.24, 2.45) is 0 Å². The number of anilines is 1. The lowest BCUT2D eigenvalue weighted by molar-refractivity contribution is 0.531. The molecule has 2 rings (SSSR count). The lowest BCUT2D eigenvalue weighted by Gasteiger charge is -2.22. The highest BCUT2D eigenvalue weighted by molar-refractivity contribution is 8.00. The minimum atomic E-state index is 0.647. The Labute approximate surface area is 99.6 Å². The minimum Gasteiger partial charge on any atom is -0.398 e. The van der Waals surface area contributed by atoms with E-state index in [1.54, 1.807) is 0 Å². The molecule has 1 saturated heterocycles. The van der Waals surface area contributed by atoms with E-state index < -0.39 is 0 Å². The van der Waals surface area contributed by atoms with E-state index in [9.17, 15) is 0 Å². The lowest BCUT2D eigenvalue weighted by Crippen LogP contribution is -2.29. The lowest BCUT2D eigenvalue weighted by atomic mass is 10.2. The highest BCUT2D eigenvalue weighted by Gasteiger charge is 2.16. The Morgan fingerprint density at radius 2 is 2.07 bits per heavy atom. The fourth-order valence-corrected chi connectivity index (χ4v) is 3.23. The molecule has 15 heavy (non-hydrogen) atoms. The van der Waals surface area contributed by atoms with Gasteiger partial charge in [-0.15, -0.1) is 11.8 Å². The summed E-state index contributed by atoms with van der Waals surface area (Å²) in [5, 5.41) is 4.78. The first-order valence-corrected chi connectivity index (χ1v) is 6.44. The smallest absolute Gasteiger partial charge is 0.0562 e. The Kier molecular flexibility index (Phi) is 3.78. The van der Waals surface area contributed by atoms with Crippen LogP contribution in [0.15, 0.2) is 23.1 Å². The monoisotopic (exact) mass is 242 g/mol. The van der Waals surface area contributed by atoms with Crippen LogP contribution in [0, 0.1) is 0 Å². The summed E-state index contributed by atoms with van der Waals surface area (Å²) < 4.78 is 0. The molecule has 4 heteroatoms. The molecule has 1 heterocycles. The molecule has 1 aromatic carbocycles. The van der Waals surface area contributed by atoms with E-state index >= 15 is 0 Å². The molecule has 0 radical (unpaired) electrons. The molecule has 0 spiro atoms. The molecule has 0 aromatic heterocycles. The fraction of sp³-hybridized carbons (Fsp3) is 0.455. The first-order chi connectivity index (χ1) is 7.27. The highest BCUT2D eigenvalue weighted by Crippen LogP contribution is 2.37. The summed E-state index contributed by atoms with van der Waals surface area (Å²) in [5.74, 6) is 0. The molecule has 0 bridgehead atoms. The molecule has 0 atom stereocenters. The number of rotatable bonds is 2. The summed E-state index contributed by atoms with van der Waals surface area (Å²) in [6.45, 7) is 2.20. The third-order valence-corrected chi connectivity index (χ3v) is 4.49. The van der Waals surface area contributed by atoms with Gasteiger partial charge in [0.15, 0.2) is 0 Å². The van der Waals surface area contributed by atoms with Gasteiger partial charge in [-0.05, 0) is 38.1 Å². The van der Waals surface area contributed by atoms with Crippen LogP contribution in [-0.2, 0) is 0 Å². The Morgan fingerprint density at radius 3 is 2.73 bits per heavy atom. The van der Waals surface area contributed by atoms with E-state index in [-0.39, 0.29) is 0 Å². The summed E-state index contributed by atoms with van der Waals surface area (Å²) in [7, 11) is 0. The second-order valence-corrected chi connectivity index (χ2v) is 5.44. The normalized spacial score (nSPS) is 17.9. The molecular weight excluding hydrogens is 228 g/mol. The van der Waals surface area contributed by atoms with E-state index in [1.165, 1.54) is 12.8 Å². The first-order valence-electron chi connectivity index (χ1n) is 5.19. The molecular formula is C11H15ClN2S. The van der Waals surface area contributed by atoms with Gasteiger partial charge in [0, 0.05) is 15.8 Å². The predicted molar refractivity (Wildman–Crippen MR) is 67.6 cm³/mol. The molecule has 1 fully saturated rings. The minimum absolute atomic E-state index is 0.647. The second-order valence-electron chi connectivity index (χ2n) is 3.73. The third-order valence-electron chi connectivity index (χ3n) is 2.57. The Morgan fingerprint density at radius 1 is 1.33 bits per heavy atom. The van der Waals surface area contributed by atoms with Gasteiger partial charge in [-0.25, -0.2) is 0 Å². The van der Waals surface area contributed by atoms with Crippen LogP contribution in [0.25, 0.3) is 0 Å². The van der Waals surface area contributed by atoms with Gasteiger partial charge in [0.1, 0.15) is 0 Å².